The SMILES string of the molecule is Cc1nn(CCCCC(C)O)c(C)c1C. The van der Waals surface area contributed by atoms with Crippen LogP contribution >= 0.6 is 0 Å². The fourth-order valence-electron chi connectivity index (χ4n) is 1.71. The van der Waals surface area contributed by atoms with Gasteiger partial charge in [-0.25, -0.2) is 0 Å². The number of aliphatic hydroxyl groups excluding tert-OH is 1. The van der Waals surface area contributed by atoms with Crippen molar-refractivity contribution in [3.05, 3.63) is 17.0 Å². The Morgan fingerprint density at radius 1 is 1.27 bits per heavy atom. The Morgan fingerprint density at radius 2 is 1.93 bits per heavy atom. The Bertz CT molecular complexity index is 316. The Labute approximate surface area is 92.1 Å². The van der Waals surface area contributed by atoms with E-state index in [0.29, 0.717) is 0 Å². The summed E-state index contributed by atoms with van der Waals surface area (Å²) in [5, 5.41) is 13.6. The molecule has 0 aromatic carbocycles. The first-order valence-corrected chi connectivity index (χ1v) is 5.71. The molecule has 0 spiro atoms. The first-order chi connectivity index (χ1) is 7.02. The van der Waals surface area contributed by atoms with Gasteiger partial charge < -0.3 is 5.11 Å². The zero-order chi connectivity index (χ0) is 11.4. The monoisotopic (exact) mass is 210 g/mol. The minimum atomic E-state index is -0.174. The van der Waals surface area contributed by atoms with E-state index in [-0.39, 0.29) is 6.10 Å². The molecule has 0 aliphatic carbocycles. The maximum atomic E-state index is 9.13. The molecule has 1 N–H and O–H groups in total. The standard InChI is InChI=1S/C12H22N2O/c1-9(15)7-5-6-8-14-12(4)10(2)11(3)13-14/h9,15H,5-8H2,1-4H3. The van der Waals surface area contributed by atoms with Gasteiger partial charge in [-0.1, -0.05) is 0 Å². The summed E-state index contributed by atoms with van der Waals surface area (Å²) in [6.45, 7) is 9.09. The van der Waals surface area contributed by atoms with Gasteiger partial charge >= 0.3 is 0 Å². The molecular formula is C12H22N2O. The molecule has 0 aliphatic rings. The van der Waals surface area contributed by atoms with Crippen LogP contribution in [0.15, 0.2) is 0 Å². The van der Waals surface area contributed by atoms with Crippen molar-refractivity contribution in [2.45, 2.75) is 59.6 Å². The molecule has 3 nitrogen and oxygen atoms in total. The average molecular weight is 210 g/mol. The zero-order valence-corrected chi connectivity index (χ0v) is 10.2. The van der Waals surface area contributed by atoms with E-state index in [1.54, 1.807) is 0 Å². The van der Waals surface area contributed by atoms with Gasteiger partial charge in [-0.15, -0.1) is 0 Å². The molecule has 1 unspecified atom stereocenters. The molecule has 1 aromatic heterocycles. The van der Waals surface area contributed by atoms with Gasteiger partial charge in [0.15, 0.2) is 0 Å². The quantitative estimate of drug-likeness (QED) is 0.758. The summed E-state index contributed by atoms with van der Waals surface area (Å²) in [6, 6.07) is 0. The summed E-state index contributed by atoms with van der Waals surface area (Å²) in [6.07, 6.45) is 2.87. The van der Waals surface area contributed by atoms with E-state index in [0.717, 1.165) is 31.5 Å². The highest BCUT2D eigenvalue weighted by Gasteiger charge is 2.06. The van der Waals surface area contributed by atoms with Crippen molar-refractivity contribution >= 4 is 0 Å². The summed E-state index contributed by atoms with van der Waals surface area (Å²) in [5.41, 5.74) is 3.69. The van der Waals surface area contributed by atoms with Crippen molar-refractivity contribution in [3.8, 4) is 0 Å². The molecule has 1 rings (SSSR count). The lowest BCUT2D eigenvalue weighted by molar-refractivity contribution is 0.180. The molecule has 1 heterocycles. The maximum Gasteiger partial charge on any atom is 0.0625 e. The van der Waals surface area contributed by atoms with Gasteiger partial charge in [-0.2, -0.15) is 5.10 Å². The molecule has 0 amide bonds. The van der Waals surface area contributed by atoms with Crippen molar-refractivity contribution in [2.75, 3.05) is 0 Å². The van der Waals surface area contributed by atoms with Crippen LogP contribution in [0.2, 0.25) is 0 Å². The molecule has 0 radical (unpaired) electrons. The Morgan fingerprint density at radius 3 is 2.40 bits per heavy atom. The van der Waals surface area contributed by atoms with Crippen LogP contribution in [0.3, 0.4) is 0 Å². The highest BCUT2D eigenvalue weighted by molar-refractivity contribution is 5.21. The highest BCUT2D eigenvalue weighted by atomic mass is 16.3. The summed E-state index contributed by atoms with van der Waals surface area (Å²) in [5.74, 6) is 0. The minimum absolute atomic E-state index is 0.174. The molecular weight excluding hydrogens is 188 g/mol. The number of aromatic nitrogens is 2. The largest absolute Gasteiger partial charge is 0.393 e. The fourth-order valence-corrected chi connectivity index (χ4v) is 1.71. The highest BCUT2D eigenvalue weighted by Crippen LogP contribution is 2.12. The molecule has 0 fully saturated rings. The fraction of sp³-hybridized carbons (Fsp3) is 0.750. The van der Waals surface area contributed by atoms with Gasteiger partial charge in [0.2, 0.25) is 0 Å². The normalized spacial score (nSPS) is 13.1. The van der Waals surface area contributed by atoms with E-state index in [9.17, 15) is 0 Å². The number of hydrogen-bond acceptors (Lipinski definition) is 2. The van der Waals surface area contributed by atoms with Crippen LogP contribution in [0.25, 0.3) is 0 Å². The Kier molecular flexibility index (Phi) is 4.33. The number of aliphatic hydroxyl groups is 1. The van der Waals surface area contributed by atoms with Crippen LogP contribution in [0, 0.1) is 20.8 Å². The maximum absolute atomic E-state index is 9.13. The number of rotatable bonds is 5. The molecule has 1 aromatic rings. The second-order valence-electron chi connectivity index (χ2n) is 4.36. The van der Waals surface area contributed by atoms with E-state index in [1.807, 2.05) is 6.92 Å². The molecule has 0 saturated carbocycles. The van der Waals surface area contributed by atoms with E-state index in [4.69, 9.17) is 5.11 Å². The van der Waals surface area contributed by atoms with Crippen molar-refractivity contribution in [1.29, 1.82) is 0 Å². The third-order valence-electron chi connectivity index (χ3n) is 2.99. The predicted molar refractivity (Wildman–Crippen MR) is 62.0 cm³/mol. The van der Waals surface area contributed by atoms with Crippen LogP contribution < -0.4 is 0 Å². The molecule has 0 bridgehead atoms. The molecule has 3 heteroatoms. The minimum Gasteiger partial charge on any atom is -0.393 e. The van der Waals surface area contributed by atoms with Crippen molar-refractivity contribution < 1.29 is 5.11 Å². The second kappa shape index (κ2) is 5.31. The van der Waals surface area contributed by atoms with E-state index >= 15 is 0 Å². The van der Waals surface area contributed by atoms with Gasteiger partial charge in [0.25, 0.3) is 0 Å². The van der Waals surface area contributed by atoms with Gasteiger partial charge in [0.05, 0.1) is 11.8 Å². The van der Waals surface area contributed by atoms with E-state index in [2.05, 4.69) is 30.6 Å². The second-order valence-corrected chi connectivity index (χ2v) is 4.36. The predicted octanol–water partition coefficient (Wildman–Crippen LogP) is 2.36. The summed E-state index contributed by atoms with van der Waals surface area (Å²) >= 11 is 0. The summed E-state index contributed by atoms with van der Waals surface area (Å²) in [7, 11) is 0. The molecule has 0 saturated heterocycles. The smallest absolute Gasteiger partial charge is 0.0625 e. The van der Waals surface area contributed by atoms with Gasteiger partial charge in [-0.3, -0.25) is 4.68 Å². The lowest BCUT2D eigenvalue weighted by Gasteiger charge is -2.06. The van der Waals surface area contributed by atoms with Crippen molar-refractivity contribution in [1.82, 2.24) is 9.78 Å². The lowest BCUT2D eigenvalue weighted by Crippen LogP contribution is -2.05. The van der Waals surface area contributed by atoms with Gasteiger partial charge in [0.1, 0.15) is 0 Å². The third kappa shape index (κ3) is 3.34. The summed E-state index contributed by atoms with van der Waals surface area (Å²) < 4.78 is 2.08. The molecule has 15 heavy (non-hydrogen) atoms. The van der Waals surface area contributed by atoms with Crippen molar-refractivity contribution in [2.24, 2.45) is 0 Å². The number of hydrogen-bond donors (Lipinski definition) is 1. The van der Waals surface area contributed by atoms with Crippen LogP contribution in [0.1, 0.15) is 43.1 Å². The topological polar surface area (TPSA) is 38.0 Å². The average Bonchev–Trinajstić information content (AvgIpc) is 2.41. The van der Waals surface area contributed by atoms with Crippen LogP contribution in [0.4, 0.5) is 0 Å². The van der Waals surface area contributed by atoms with E-state index < -0.39 is 0 Å². The van der Waals surface area contributed by atoms with Crippen LogP contribution in [0.5, 0.6) is 0 Å². The van der Waals surface area contributed by atoms with Gasteiger partial charge in [0, 0.05) is 12.2 Å². The number of nitrogens with zero attached hydrogens (tertiary/aromatic N) is 2. The molecule has 0 aliphatic heterocycles. The molecule has 1 atom stereocenters. The van der Waals surface area contributed by atoms with Gasteiger partial charge in [-0.05, 0) is 52.5 Å². The first-order valence-electron chi connectivity index (χ1n) is 5.71. The Balaban J connectivity index is 2.41. The molecule has 86 valence electrons. The van der Waals surface area contributed by atoms with Crippen LogP contribution in [-0.2, 0) is 6.54 Å². The van der Waals surface area contributed by atoms with E-state index in [1.165, 1.54) is 11.3 Å². The first kappa shape index (κ1) is 12.2. The zero-order valence-electron chi connectivity index (χ0n) is 10.2. The summed E-state index contributed by atoms with van der Waals surface area (Å²) in [4.78, 5) is 0. The van der Waals surface area contributed by atoms with Crippen LogP contribution in [-0.4, -0.2) is 21.0 Å². The lowest BCUT2D eigenvalue weighted by atomic mass is 10.2. The third-order valence-corrected chi connectivity index (χ3v) is 2.99. The number of aryl methyl sites for hydroxylation is 2. The Hall–Kier alpha value is -0.830. The van der Waals surface area contributed by atoms with Crippen molar-refractivity contribution in [3.63, 3.8) is 0 Å². The number of unbranched alkanes of at least 4 members (excludes halogenated alkanes) is 1.